The summed E-state index contributed by atoms with van der Waals surface area (Å²) in [5, 5.41) is 10.7. The summed E-state index contributed by atoms with van der Waals surface area (Å²) in [4.78, 5) is 0. The summed E-state index contributed by atoms with van der Waals surface area (Å²) in [6.07, 6.45) is 10.0. The van der Waals surface area contributed by atoms with E-state index in [-0.39, 0.29) is 11.5 Å². The molecule has 1 atom stereocenters. The van der Waals surface area contributed by atoms with Gasteiger partial charge in [0.15, 0.2) is 0 Å². The Morgan fingerprint density at radius 2 is 1.76 bits per heavy atom. The van der Waals surface area contributed by atoms with Gasteiger partial charge in [-0.15, -0.1) is 0 Å². The molecule has 1 N–H and O–H groups in total. The van der Waals surface area contributed by atoms with Crippen LogP contribution in [0.5, 0.6) is 0 Å². The molecule has 1 saturated carbocycles. The van der Waals surface area contributed by atoms with E-state index in [2.05, 4.69) is 20.8 Å². The zero-order chi connectivity index (χ0) is 12.5. The Bertz CT molecular complexity index is 295. The van der Waals surface area contributed by atoms with E-state index in [0.29, 0.717) is 5.92 Å². The highest BCUT2D eigenvalue weighted by atomic mass is 16.3. The normalized spacial score (nSPS) is 28.2. The van der Waals surface area contributed by atoms with Gasteiger partial charge in [0.1, 0.15) is 0 Å². The van der Waals surface area contributed by atoms with Crippen molar-refractivity contribution in [1.29, 1.82) is 0 Å². The molecule has 0 aromatic heterocycles. The minimum Gasteiger partial charge on any atom is -0.388 e. The molecule has 0 amide bonds. The summed E-state index contributed by atoms with van der Waals surface area (Å²) in [6.45, 7) is 6.87. The van der Waals surface area contributed by atoms with Crippen LogP contribution in [0.1, 0.15) is 72.1 Å². The first-order valence-corrected chi connectivity index (χ1v) is 7.40. The lowest BCUT2D eigenvalue weighted by Crippen LogP contribution is -2.34. The molecule has 1 heteroatoms. The lowest BCUT2D eigenvalue weighted by molar-refractivity contribution is 0.0896. The van der Waals surface area contributed by atoms with Gasteiger partial charge in [-0.05, 0) is 55.9 Å². The van der Waals surface area contributed by atoms with E-state index >= 15 is 0 Å². The number of rotatable bonds is 2. The maximum atomic E-state index is 10.7. The number of hydrogen-bond donors (Lipinski definition) is 1. The SMILES string of the molecule is CC1=C(C(O)C2CCCCC2)C(C)(C)CCC1. The second-order valence-corrected chi connectivity index (χ2v) is 6.77. The Kier molecular flexibility index (Phi) is 3.97. The molecule has 1 fully saturated rings. The van der Waals surface area contributed by atoms with Crippen molar-refractivity contribution in [1.82, 2.24) is 0 Å². The molecule has 0 saturated heterocycles. The molecule has 98 valence electrons. The van der Waals surface area contributed by atoms with Crippen LogP contribution in [0.25, 0.3) is 0 Å². The third kappa shape index (κ3) is 2.76. The molecule has 0 aromatic rings. The maximum absolute atomic E-state index is 10.7. The highest BCUT2D eigenvalue weighted by Gasteiger charge is 2.36. The van der Waals surface area contributed by atoms with Crippen LogP contribution in [0.3, 0.4) is 0 Å². The Morgan fingerprint density at radius 3 is 2.35 bits per heavy atom. The van der Waals surface area contributed by atoms with Crippen molar-refractivity contribution in [2.45, 2.75) is 78.2 Å². The van der Waals surface area contributed by atoms with Gasteiger partial charge in [0.25, 0.3) is 0 Å². The smallest absolute Gasteiger partial charge is 0.0785 e. The summed E-state index contributed by atoms with van der Waals surface area (Å²) in [6, 6.07) is 0. The van der Waals surface area contributed by atoms with Crippen molar-refractivity contribution in [2.75, 3.05) is 0 Å². The van der Waals surface area contributed by atoms with Crippen LogP contribution in [0.15, 0.2) is 11.1 Å². The van der Waals surface area contributed by atoms with Crippen LogP contribution in [0, 0.1) is 11.3 Å². The Labute approximate surface area is 106 Å². The summed E-state index contributed by atoms with van der Waals surface area (Å²) in [5.41, 5.74) is 3.08. The van der Waals surface area contributed by atoms with Crippen LogP contribution in [-0.4, -0.2) is 11.2 Å². The highest BCUT2D eigenvalue weighted by molar-refractivity contribution is 5.26. The predicted molar refractivity (Wildman–Crippen MR) is 72.9 cm³/mol. The van der Waals surface area contributed by atoms with Gasteiger partial charge in [0.2, 0.25) is 0 Å². The molecule has 2 aliphatic rings. The minimum absolute atomic E-state index is 0.161. The fraction of sp³-hybridized carbons (Fsp3) is 0.875. The van der Waals surface area contributed by atoms with Gasteiger partial charge in [-0.2, -0.15) is 0 Å². The van der Waals surface area contributed by atoms with Crippen LogP contribution in [0.4, 0.5) is 0 Å². The Hall–Kier alpha value is -0.300. The monoisotopic (exact) mass is 236 g/mol. The standard InChI is InChI=1S/C16H28O/c1-12-8-7-11-16(2,3)14(12)15(17)13-9-5-4-6-10-13/h13,15,17H,4-11H2,1-3H3. The molecule has 2 aliphatic carbocycles. The molecule has 1 nitrogen and oxygen atoms in total. The Morgan fingerprint density at radius 1 is 1.12 bits per heavy atom. The van der Waals surface area contributed by atoms with Crippen molar-refractivity contribution in [3.8, 4) is 0 Å². The Balaban J connectivity index is 2.18. The molecule has 2 rings (SSSR count). The molecular formula is C16H28O. The molecular weight excluding hydrogens is 208 g/mol. The van der Waals surface area contributed by atoms with Crippen molar-refractivity contribution in [2.24, 2.45) is 11.3 Å². The first kappa shape index (κ1) is 13.1. The van der Waals surface area contributed by atoms with E-state index in [1.165, 1.54) is 62.5 Å². The summed E-state index contributed by atoms with van der Waals surface area (Å²) < 4.78 is 0. The molecule has 0 heterocycles. The fourth-order valence-corrected chi connectivity index (χ4v) is 3.98. The molecule has 17 heavy (non-hydrogen) atoms. The van der Waals surface area contributed by atoms with Crippen LogP contribution < -0.4 is 0 Å². The number of aliphatic hydroxyl groups excluding tert-OH is 1. The van der Waals surface area contributed by atoms with Crippen molar-refractivity contribution in [3.63, 3.8) is 0 Å². The number of aliphatic hydroxyl groups is 1. The van der Waals surface area contributed by atoms with Gasteiger partial charge in [0.05, 0.1) is 6.10 Å². The largest absolute Gasteiger partial charge is 0.388 e. The molecule has 0 radical (unpaired) electrons. The first-order valence-electron chi connectivity index (χ1n) is 7.40. The number of allylic oxidation sites excluding steroid dienone is 1. The van der Waals surface area contributed by atoms with Crippen LogP contribution in [0.2, 0.25) is 0 Å². The van der Waals surface area contributed by atoms with E-state index in [1.54, 1.807) is 0 Å². The van der Waals surface area contributed by atoms with E-state index in [4.69, 9.17) is 0 Å². The van der Waals surface area contributed by atoms with Gasteiger partial charge in [-0.3, -0.25) is 0 Å². The fourth-order valence-electron chi connectivity index (χ4n) is 3.98. The van der Waals surface area contributed by atoms with Crippen molar-refractivity contribution < 1.29 is 5.11 Å². The molecule has 0 bridgehead atoms. The second kappa shape index (κ2) is 5.14. The van der Waals surface area contributed by atoms with Gasteiger partial charge in [-0.1, -0.05) is 38.7 Å². The van der Waals surface area contributed by atoms with Crippen LogP contribution >= 0.6 is 0 Å². The topological polar surface area (TPSA) is 20.2 Å². The average molecular weight is 236 g/mol. The molecule has 1 unspecified atom stereocenters. The van der Waals surface area contributed by atoms with Crippen molar-refractivity contribution in [3.05, 3.63) is 11.1 Å². The zero-order valence-corrected chi connectivity index (χ0v) is 11.8. The maximum Gasteiger partial charge on any atom is 0.0785 e. The molecule has 0 aromatic carbocycles. The third-order valence-electron chi connectivity index (χ3n) is 4.93. The predicted octanol–water partition coefficient (Wildman–Crippen LogP) is 4.45. The van der Waals surface area contributed by atoms with E-state index in [1.807, 2.05) is 0 Å². The lowest BCUT2D eigenvalue weighted by Gasteiger charge is -2.40. The van der Waals surface area contributed by atoms with E-state index in [9.17, 15) is 5.11 Å². The quantitative estimate of drug-likeness (QED) is 0.702. The third-order valence-corrected chi connectivity index (χ3v) is 4.93. The number of hydrogen-bond acceptors (Lipinski definition) is 1. The summed E-state index contributed by atoms with van der Waals surface area (Å²) in [7, 11) is 0. The van der Waals surface area contributed by atoms with Gasteiger partial charge >= 0.3 is 0 Å². The van der Waals surface area contributed by atoms with Crippen molar-refractivity contribution >= 4 is 0 Å². The summed E-state index contributed by atoms with van der Waals surface area (Å²) in [5.74, 6) is 0.533. The summed E-state index contributed by atoms with van der Waals surface area (Å²) >= 11 is 0. The zero-order valence-electron chi connectivity index (χ0n) is 11.8. The minimum atomic E-state index is -0.161. The first-order chi connectivity index (χ1) is 8.02. The van der Waals surface area contributed by atoms with E-state index < -0.39 is 0 Å². The lowest BCUT2D eigenvalue weighted by atomic mass is 9.67. The molecule has 0 spiro atoms. The van der Waals surface area contributed by atoms with Crippen LogP contribution in [-0.2, 0) is 0 Å². The van der Waals surface area contributed by atoms with Gasteiger partial charge < -0.3 is 5.11 Å². The molecule has 0 aliphatic heterocycles. The van der Waals surface area contributed by atoms with Gasteiger partial charge in [-0.25, -0.2) is 0 Å². The highest BCUT2D eigenvalue weighted by Crippen LogP contribution is 2.45. The average Bonchev–Trinajstić information content (AvgIpc) is 2.28. The van der Waals surface area contributed by atoms with E-state index in [0.717, 1.165) is 0 Å². The van der Waals surface area contributed by atoms with Gasteiger partial charge in [0, 0.05) is 0 Å². The second-order valence-electron chi connectivity index (χ2n) is 6.77.